The van der Waals surface area contributed by atoms with Crippen LogP contribution in [0.1, 0.15) is 17.3 Å². The third kappa shape index (κ3) is 4.47. The van der Waals surface area contributed by atoms with Crippen LogP contribution in [0.3, 0.4) is 0 Å². The first kappa shape index (κ1) is 17.3. The number of rotatable bonds is 5. The number of hydrogen-bond acceptors (Lipinski definition) is 2. The molecule has 0 bridgehead atoms. The Morgan fingerprint density at radius 3 is 2.22 bits per heavy atom. The third-order valence-electron chi connectivity index (χ3n) is 3.26. The van der Waals surface area contributed by atoms with Crippen molar-refractivity contribution in [3.05, 3.63) is 64.1 Å². The minimum Gasteiger partial charge on any atom is -0.350 e. The van der Waals surface area contributed by atoms with Gasteiger partial charge in [0, 0.05) is 20.0 Å². The van der Waals surface area contributed by atoms with Crippen molar-refractivity contribution in [2.75, 3.05) is 18.0 Å². The van der Waals surface area contributed by atoms with Gasteiger partial charge < -0.3 is 10.2 Å². The molecule has 0 radical (unpaired) electrons. The molecular weight excluding hydrogens is 335 g/mol. The maximum Gasteiger partial charge on any atom is 0.252 e. The number of nitrogens with one attached hydrogen (secondary N) is 1. The summed E-state index contributed by atoms with van der Waals surface area (Å²) < 4.78 is 0. The Bertz CT molecular complexity index is 719. The van der Waals surface area contributed by atoms with Crippen LogP contribution in [0.25, 0.3) is 0 Å². The van der Waals surface area contributed by atoms with E-state index in [-0.39, 0.29) is 18.4 Å². The first-order valence-electron chi connectivity index (χ1n) is 7.06. The Kier molecular flexibility index (Phi) is 6.02. The van der Waals surface area contributed by atoms with Crippen LogP contribution in [0.2, 0.25) is 10.0 Å². The topological polar surface area (TPSA) is 49.4 Å². The fourth-order valence-corrected chi connectivity index (χ4v) is 2.60. The van der Waals surface area contributed by atoms with Crippen molar-refractivity contribution in [3.63, 3.8) is 0 Å². The zero-order valence-corrected chi connectivity index (χ0v) is 14.1. The number of carbonyl (C=O) groups excluding carboxylic acids is 2. The van der Waals surface area contributed by atoms with E-state index in [1.165, 1.54) is 11.8 Å². The SMILES string of the molecule is CC(=O)N(CCNC(=O)c1ccccc1Cl)c1ccccc1Cl. The van der Waals surface area contributed by atoms with Crippen LogP contribution < -0.4 is 10.2 Å². The highest BCUT2D eigenvalue weighted by atomic mass is 35.5. The van der Waals surface area contributed by atoms with Gasteiger partial charge in [-0.15, -0.1) is 0 Å². The number of anilines is 1. The molecule has 0 aromatic heterocycles. The van der Waals surface area contributed by atoms with E-state index in [1.807, 2.05) is 0 Å². The molecule has 4 nitrogen and oxygen atoms in total. The smallest absolute Gasteiger partial charge is 0.252 e. The Labute approximate surface area is 145 Å². The molecule has 2 rings (SSSR count). The van der Waals surface area contributed by atoms with Gasteiger partial charge in [0.05, 0.1) is 21.3 Å². The van der Waals surface area contributed by atoms with Gasteiger partial charge in [0.25, 0.3) is 5.91 Å². The highest BCUT2D eigenvalue weighted by Crippen LogP contribution is 2.25. The normalized spacial score (nSPS) is 10.2. The van der Waals surface area contributed by atoms with Gasteiger partial charge in [-0.2, -0.15) is 0 Å². The molecule has 0 fully saturated rings. The molecule has 2 aromatic carbocycles. The summed E-state index contributed by atoms with van der Waals surface area (Å²) in [5.74, 6) is -0.427. The molecule has 6 heteroatoms. The monoisotopic (exact) mass is 350 g/mol. The van der Waals surface area contributed by atoms with Crippen LogP contribution in [0.5, 0.6) is 0 Å². The molecule has 0 unspecified atom stereocenters. The Morgan fingerprint density at radius 2 is 1.61 bits per heavy atom. The Morgan fingerprint density at radius 1 is 1.00 bits per heavy atom. The fourth-order valence-electron chi connectivity index (χ4n) is 2.14. The minimum atomic E-state index is -0.279. The van der Waals surface area contributed by atoms with Crippen molar-refractivity contribution in [2.45, 2.75) is 6.92 Å². The van der Waals surface area contributed by atoms with Gasteiger partial charge in [-0.05, 0) is 24.3 Å². The van der Waals surface area contributed by atoms with Crippen molar-refractivity contribution in [1.29, 1.82) is 0 Å². The highest BCUT2D eigenvalue weighted by molar-refractivity contribution is 6.34. The second-order valence-corrected chi connectivity index (χ2v) is 5.67. The van der Waals surface area contributed by atoms with E-state index >= 15 is 0 Å². The summed E-state index contributed by atoms with van der Waals surface area (Å²) in [6.45, 7) is 2.06. The van der Waals surface area contributed by atoms with Crippen molar-refractivity contribution in [2.24, 2.45) is 0 Å². The lowest BCUT2D eigenvalue weighted by Gasteiger charge is -2.22. The lowest BCUT2D eigenvalue weighted by Crippen LogP contribution is -2.37. The first-order valence-corrected chi connectivity index (χ1v) is 7.81. The Balaban J connectivity index is 2.01. The predicted molar refractivity (Wildman–Crippen MR) is 93.3 cm³/mol. The summed E-state index contributed by atoms with van der Waals surface area (Å²) >= 11 is 12.1. The second kappa shape index (κ2) is 7.99. The molecule has 0 spiro atoms. The van der Waals surface area contributed by atoms with Gasteiger partial charge >= 0.3 is 0 Å². The third-order valence-corrected chi connectivity index (χ3v) is 3.91. The van der Waals surface area contributed by atoms with Gasteiger partial charge in [-0.25, -0.2) is 0 Å². The van der Waals surface area contributed by atoms with E-state index in [0.29, 0.717) is 27.8 Å². The van der Waals surface area contributed by atoms with Crippen molar-refractivity contribution in [3.8, 4) is 0 Å². The lowest BCUT2D eigenvalue weighted by atomic mass is 10.2. The number of carbonyl (C=O) groups is 2. The summed E-state index contributed by atoms with van der Waals surface area (Å²) in [4.78, 5) is 25.4. The number of para-hydroxylation sites is 1. The van der Waals surface area contributed by atoms with Gasteiger partial charge in [-0.3, -0.25) is 9.59 Å². The molecule has 0 atom stereocenters. The average Bonchev–Trinajstić information content (AvgIpc) is 2.52. The molecule has 2 amide bonds. The molecule has 0 aliphatic heterocycles. The van der Waals surface area contributed by atoms with E-state index in [1.54, 1.807) is 48.5 Å². The van der Waals surface area contributed by atoms with Gasteiger partial charge in [0.2, 0.25) is 5.91 Å². The molecule has 120 valence electrons. The maximum atomic E-state index is 12.1. The van der Waals surface area contributed by atoms with Crippen molar-refractivity contribution < 1.29 is 9.59 Å². The van der Waals surface area contributed by atoms with Crippen LogP contribution in [-0.4, -0.2) is 24.9 Å². The van der Waals surface area contributed by atoms with E-state index < -0.39 is 0 Å². The zero-order valence-electron chi connectivity index (χ0n) is 12.6. The number of hydrogen-bond donors (Lipinski definition) is 1. The maximum absolute atomic E-state index is 12.1. The van der Waals surface area contributed by atoms with Crippen LogP contribution in [-0.2, 0) is 4.79 Å². The lowest BCUT2D eigenvalue weighted by molar-refractivity contribution is -0.116. The standard InChI is InChI=1S/C17H16Cl2N2O2/c1-12(22)21(16-9-5-4-8-15(16)19)11-10-20-17(23)13-6-2-3-7-14(13)18/h2-9H,10-11H2,1H3,(H,20,23). The summed E-state index contributed by atoms with van der Waals surface area (Å²) in [6, 6.07) is 13.9. The van der Waals surface area contributed by atoms with Crippen molar-refractivity contribution >= 4 is 40.7 Å². The molecular formula is C17H16Cl2N2O2. The van der Waals surface area contributed by atoms with E-state index in [9.17, 15) is 9.59 Å². The summed E-state index contributed by atoms with van der Waals surface area (Å²) in [5.41, 5.74) is 1.02. The average molecular weight is 351 g/mol. The highest BCUT2D eigenvalue weighted by Gasteiger charge is 2.15. The second-order valence-electron chi connectivity index (χ2n) is 4.86. The van der Waals surface area contributed by atoms with Crippen LogP contribution >= 0.6 is 23.2 Å². The largest absolute Gasteiger partial charge is 0.350 e. The van der Waals surface area contributed by atoms with E-state index in [0.717, 1.165) is 0 Å². The molecule has 0 heterocycles. The predicted octanol–water partition coefficient (Wildman–Crippen LogP) is 3.78. The molecule has 0 aliphatic carbocycles. The molecule has 0 saturated carbocycles. The van der Waals surface area contributed by atoms with Gasteiger partial charge in [0.1, 0.15) is 0 Å². The zero-order chi connectivity index (χ0) is 16.8. The molecule has 2 aromatic rings. The van der Waals surface area contributed by atoms with Crippen LogP contribution in [0.4, 0.5) is 5.69 Å². The number of halogens is 2. The first-order chi connectivity index (χ1) is 11.0. The summed E-state index contributed by atoms with van der Waals surface area (Å²) in [7, 11) is 0. The van der Waals surface area contributed by atoms with Crippen LogP contribution in [0.15, 0.2) is 48.5 Å². The molecule has 0 aliphatic rings. The number of nitrogens with zero attached hydrogens (tertiary/aromatic N) is 1. The van der Waals surface area contributed by atoms with Gasteiger partial charge in [0.15, 0.2) is 0 Å². The fraction of sp³-hybridized carbons (Fsp3) is 0.176. The van der Waals surface area contributed by atoms with Gasteiger partial charge in [-0.1, -0.05) is 47.5 Å². The molecule has 23 heavy (non-hydrogen) atoms. The van der Waals surface area contributed by atoms with Crippen LogP contribution in [0, 0.1) is 0 Å². The minimum absolute atomic E-state index is 0.148. The molecule has 0 saturated heterocycles. The van der Waals surface area contributed by atoms with Crippen molar-refractivity contribution in [1.82, 2.24) is 5.32 Å². The summed E-state index contributed by atoms with van der Waals surface area (Å²) in [6.07, 6.45) is 0. The number of amides is 2. The Hall–Kier alpha value is -2.04. The number of benzene rings is 2. The summed E-state index contributed by atoms with van der Waals surface area (Å²) in [5, 5.41) is 3.63. The van der Waals surface area contributed by atoms with E-state index in [4.69, 9.17) is 23.2 Å². The molecule has 1 N–H and O–H groups in total. The quantitative estimate of drug-likeness (QED) is 0.891. The van der Waals surface area contributed by atoms with E-state index in [2.05, 4.69) is 5.32 Å².